The summed E-state index contributed by atoms with van der Waals surface area (Å²) in [5.74, 6) is 0.480. The summed E-state index contributed by atoms with van der Waals surface area (Å²) in [6, 6.07) is 7.84. The maximum absolute atomic E-state index is 5.90. The van der Waals surface area contributed by atoms with Crippen LogP contribution in [0.1, 0.15) is 24.8 Å². The molecule has 1 aromatic heterocycles. The van der Waals surface area contributed by atoms with Gasteiger partial charge in [0.15, 0.2) is 0 Å². The quantitative estimate of drug-likeness (QED) is 0.783. The third kappa shape index (κ3) is 2.02. The van der Waals surface area contributed by atoms with Gasteiger partial charge in [-0.2, -0.15) is 0 Å². The second-order valence-electron chi connectivity index (χ2n) is 3.81. The highest BCUT2D eigenvalue weighted by molar-refractivity contribution is 7.10. The van der Waals surface area contributed by atoms with Crippen LogP contribution in [0.4, 0.5) is 5.69 Å². The topological polar surface area (TPSA) is 38.9 Å². The number of nitrogen functional groups attached to an aromatic ring is 1. The lowest BCUT2D eigenvalue weighted by molar-refractivity contribution is 0.854. The first kappa shape index (κ1) is 10.2. The van der Waals surface area contributed by atoms with Crippen molar-refractivity contribution < 1.29 is 0 Å². The van der Waals surface area contributed by atoms with Crippen LogP contribution in [0.15, 0.2) is 29.6 Å². The van der Waals surface area contributed by atoms with E-state index in [1.54, 1.807) is 11.3 Å². The predicted octanol–water partition coefficient (Wildman–Crippen LogP) is 3.52. The molecular formula is C12H14N2S. The van der Waals surface area contributed by atoms with Gasteiger partial charge in [0.2, 0.25) is 0 Å². The van der Waals surface area contributed by atoms with Crippen molar-refractivity contribution in [3.8, 4) is 11.3 Å². The molecular weight excluding hydrogens is 204 g/mol. The van der Waals surface area contributed by atoms with E-state index in [-0.39, 0.29) is 0 Å². The van der Waals surface area contributed by atoms with E-state index < -0.39 is 0 Å². The fraction of sp³-hybridized carbons (Fsp3) is 0.250. The number of hydrogen-bond donors (Lipinski definition) is 1. The predicted molar refractivity (Wildman–Crippen MR) is 66.1 cm³/mol. The Morgan fingerprint density at radius 2 is 2.00 bits per heavy atom. The molecule has 0 radical (unpaired) electrons. The number of thiazole rings is 1. The fourth-order valence-electron chi connectivity index (χ4n) is 1.41. The van der Waals surface area contributed by atoms with Gasteiger partial charge in [0.05, 0.1) is 10.7 Å². The summed E-state index contributed by atoms with van der Waals surface area (Å²) < 4.78 is 0. The van der Waals surface area contributed by atoms with Crippen LogP contribution in [0.2, 0.25) is 0 Å². The van der Waals surface area contributed by atoms with E-state index in [0.717, 1.165) is 22.0 Å². The average Bonchev–Trinajstić information content (AvgIpc) is 2.67. The largest absolute Gasteiger partial charge is 0.398 e. The molecule has 0 spiro atoms. The summed E-state index contributed by atoms with van der Waals surface area (Å²) >= 11 is 1.69. The molecule has 2 aromatic rings. The lowest BCUT2D eigenvalue weighted by atomic mass is 10.1. The molecule has 2 N–H and O–H groups in total. The van der Waals surface area contributed by atoms with Crippen LogP contribution >= 0.6 is 11.3 Å². The minimum absolute atomic E-state index is 0.480. The first-order chi connectivity index (χ1) is 7.18. The Labute approximate surface area is 93.8 Å². The Balaban J connectivity index is 2.42. The first-order valence-electron chi connectivity index (χ1n) is 4.99. The van der Waals surface area contributed by atoms with Gasteiger partial charge in [-0.25, -0.2) is 4.98 Å². The minimum atomic E-state index is 0.480. The highest BCUT2D eigenvalue weighted by atomic mass is 32.1. The van der Waals surface area contributed by atoms with Gasteiger partial charge in [-0.3, -0.25) is 0 Å². The van der Waals surface area contributed by atoms with E-state index in [2.05, 4.69) is 24.2 Å². The minimum Gasteiger partial charge on any atom is -0.398 e. The van der Waals surface area contributed by atoms with Crippen LogP contribution in [-0.4, -0.2) is 4.98 Å². The Kier molecular flexibility index (Phi) is 2.73. The number of hydrogen-bond acceptors (Lipinski definition) is 3. The fourth-order valence-corrected chi connectivity index (χ4v) is 2.24. The maximum Gasteiger partial charge on any atom is 0.0958 e. The molecule has 2 rings (SSSR count). The molecule has 0 aliphatic heterocycles. The first-order valence-corrected chi connectivity index (χ1v) is 5.86. The summed E-state index contributed by atoms with van der Waals surface area (Å²) in [7, 11) is 0. The van der Waals surface area contributed by atoms with Crippen LogP contribution in [-0.2, 0) is 0 Å². The zero-order valence-corrected chi connectivity index (χ0v) is 9.71. The molecule has 0 aliphatic carbocycles. The molecule has 3 heteroatoms. The maximum atomic E-state index is 5.90. The van der Waals surface area contributed by atoms with E-state index in [4.69, 9.17) is 5.73 Å². The van der Waals surface area contributed by atoms with Crippen molar-refractivity contribution in [2.45, 2.75) is 19.8 Å². The van der Waals surface area contributed by atoms with Gasteiger partial charge in [-0.05, 0) is 6.07 Å². The number of para-hydroxylation sites is 1. The molecule has 2 nitrogen and oxygen atoms in total. The lowest BCUT2D eigenvalue weighted by Gasteiger charge is -2.01. The van der Waals surface area contributed by atoms with Gasteiger partial charge in [0.1, 0.15) is 0 Å². The number of rotatable bonds is 2. The van der Waals surface area contributed by atoms with E-state index in [9.17, 15) is 0 Å². The number of nitrogens with two attached hydrogens (primary N) is 1. The second kappa shape index (κ2) is 4.03. The third-order valence-electron chi connectivity index (χ3n) is 2.25. The Morgan fingerprint density at radius 1 is 1.27 bits per heavy atom. The second-order valence-corrected chi connectivity index (χ2v) is 4.70. The van der Waals surface area contributed by atoms with Crippen molar-refractivity contribution in [3.63, 3.8) is 0 Å². The normalized spacial score (nSPS) is 10.9. The average molecular weight is 218 g/mol. The zero-order chi connectivity index (χ0) is 10.8. The zero-order valence-electron chi connectivity index (χ0n) is 8.90. The number of aromatic nitrogens is 1. The van der Waals surface area contributed by atoms with Gasteiger partial charge in [0, 0.05) is 22.5 Å². The molecule has 15 heavy (non-hydrogen) atoms. The highest BCUT2D eigenvalue weighted by Gasteiger charge is 2.08. The van der Waals surface area contributed by atoms with Gasteiger partial charge in [-0.15, -0.1) is 11.3 Å². The number of anilines is 1. The summed E-state index contributed by atoms with van der Waals surface area (Å²) in [6.45, 7) is 4.30. The van der Waals surface area contributed by atoms with Crippen LogP contribution in [0.3, 0.4) is 0 Å². The molecule has 0 saturated heterocycles. The van der Waals surface area contributed by atoms with E-state index >= 15 is 0 Å². The van der Waals surface area contributed by atoms with Gasteiger partial charge < -0.3 is 5.73 Å². The third-order valence-corrected chi connectivity index (χ3v) is 3.40. The van der Waals surface area contributed by atoms with Gasteiger partial charge in [0.25, 0.3) is 0 Å². The van der Waals surface area contributed by atoms with E-state index in [0.29, 0.717) is 5.92 Å². The monoisotopic (exact) mass is 218 g/mol. The number of nitrogens with zero attached hydrogens (tertiary/aromatic N) is 1. The van der Waals surface area contributed by atoms with Crippen molar-refractivity contribution in [1.82, 2.24) is 4.98 Å². The summed E-state index contributed by atoms with van der Waals surface area (Å²) in [5, 5.41) is 3.23. The molecule has 0 saturated carbocycles. The van der Waals surface area contributed by atoms with Crippen LogP contribution in [0, 0.1) is 0 Å². The molecule has 1 aromatic carbocycles. The summed E-state index contributed by atoms with van der Waals surface area (Å²) in [5.41, 5.74) is 8.71. The Hall–Kier alpha value is -1.35. The molecule has 0 amide bonds. The van der Waals surface area contributed by atoms with Gasteiger partial charge >= 0.3 is 0 Å². The number of benzene rings is 1. The van der Waals surface area contributed by atoms with Crippen molar-refractivity contribution in [2.75, 3.05) is 5.73 Å². The van der Waals surface area contributed by atoms with Gasteiger partial charge in [-0.1, -0.05) is 32.0 Å². The van der Waals surface area contributed by atoms with Crippen LogP contribution in [0.5, 0.6) is 0 Å². The molecule has 0 atom stereocenters. The molecule has 0 fully saturated rings. The van der Waals surface area contributed by atoms with Crippen LogP contribution < -0.4 is 5.73 Å². The molecule has 1 heterocycles. The Bertz CT molecular complexity index is 460. The lowest BCUT2D eigenvalue weighted by Crippen LogP contribution is -1.90. The standard InChI is InChI=1S/C12H14N2S/c1-8(2)12-14-11(7-15-12)9-5-3-4-6-10(9)13/h3-8H,13H2,1-2H3. The smallest absolute Gasteiger partial charge is 0.0958 e. The van der Waals surface area contributed by atoms with Crippen molar-refractivity contribution in [2.24, 2.45) is 0 Å². The highest BCUT2D eigenvalue weighted by Crippen LogP contribution is 2.29. The summed E-state index contributed by atoms with van der Waals surface area (Å²) in [4.78, 5) is 4.58. The Morgan fingerprint density at radius 3 is 2.60 bits per heavy atom. The van der Waals surface area contributed by atoms with Crippen molar-refractivity contribution in [1.29, 1.82) is 0 Å². The molecule has 0 aliphatic rings. The summed E-state index contributed by atoms with van der Waals surface area (Å²) in [6.07, 6.45) is 0. The van der Waals surface area contributed by atoms with E-state index in [1.165, 1.54) is 0 Å². The SMILES string of the molecule is CC(C)c1nc(-c2ccccc2N)cs1. The molecule has 0 bridgehead atoms. The molecule has 78 valence electrons. The van der Waals surface area contributed by atoms with Crippen molar-refractivity contribution >= 4 is 17.0 Å². The van der Waals surface area contributed by atoms with Crippen molar-refractivity contribution in [3.05, 3.63) is 34.7 Å². The molecule has 0 unspecified atom stereocenters. The van der Waals surface area contributed by atoms with E-state index in [1.807, 2.05) is 24.3 Å². The van der Waals surface area contributed by atoms with Crippen LogP contribution in [0.25, 0.3) is 11.3 Å².